The van der Waals surface area contributed by atoms with Gasteiger partial charge in [0.25, 0.3) is 0 Å². The number of nitrogens with zero attached hydrogens (tertiary/aromatic N) is 1. The zero-order valence-electron chi connectivity index (χ0n) is 11.3. The molecule has 16 heavy (non-hydrogen) atoms. The van der Waals surface area contributed by atoms with Gasteiger partial charge < -0.3 is 10.4 Å². The Bertz CT molecular complexity index is 210. The van der Waals surface area contributed by atoms with Crippen molar-refractivity contribution in [1.29, 1.82) is 0 Å². The summed E-state index contributed by atoms with van der Waals surface area (Å²) >= 11 is 0. The van der Waals surface area contributed by atoms with Gasteiger partial charge in [-0.15, -0.1) is 0 Å². The van der Waals surface area contributed by atoms with Gasteiger partial charge in [-0.25, -0.2) is 0 Å². The molecule has 1 heterocycles. The average Bonchev–Trinajstić information content (AvgIpc) is 2.25. The molecule has 1 rings (SSSR count). The van der Waals surface area contributed by atoms with Crippen LogP contribution in [0.25, 0.3) is 0 Å². The lowest BCUT2D eigenvalue weighted by Crippen LogP contribution is -2.57. The molecular formula is C13H28N2O. The first-order valence-corrected chi connectivity index (χ1v) is 6.62. The van der Waals surface area contributed by atoms with Crippen LogP contribution in [-0.2, 0) is 0 Å². The summed E-state index contributed by atoms with van der Waals surface area (Å²) in [5.41, 5.74) is -0.153. The molecule has 0 aliphatic carbocycles. The number of aliphatic hydroxyl groups excluding tert-OH is 1. The minimum Gasteiger partial charge on any atom is -0.394 e. The van der Waals surface area contributed by atoms with Gasteiger partial charge in [0.1, 0.15) is 0 Å². The van der Waals surface area contributed by atoms with Gasteiger partial charge in [0.2, 0.25) is 0 Å². The fraction of sp³-hybridized carbons (Fsp3) is 1.00. The first-order valence-electron chi connectivity index (χ1n) is 6.62. The van der Waals surface area contributed by atoms with Crippen LogP contribution in [0, 0.1) is 5.92 Å². The Hall–Kier alpha value is -0.120. The van der Waals surface area contributed by atoms with Crippen LogP contribution in [0.1, 0.15) is 40.5 Å². The Morgan fingerprint density at radius 3 is 2.69 bits per heavy atom. The molecule has 0 aromatic rings. The number of hydrogen-bond donors (Lipinski definition) is 2. The monoisotopic (exact) mass is 228 g/mol. The number of piperidine rings is 1. The molecule has 0 bridgehead atoms. The maximum Gasteiger partial charge on any atom is 0.0623 e. The van der Waals surface area contributed by atoms with Crippen LogP contribution in [0.4, 0.5) is 0 Å². The molecule has 1 fully saturated rings. The summed E-state index contributed by atoms with van der Waals surface area (Å²) in [6.07, 6.45) is 2.63. The Balaban J connectivity index is 2.56. The Morgan fingerprint density at radius 2 is 2.12 bits per heavy atom. The molecule has 1 saturated heterocycles. The third kappa shape index (κ3) is 3.44. The fourth-order valence-electron chi connectivity index (χ4n) is 2.68. The van der Waals surface area contributed by atoms with Gasteiger partial charge in [0.05, 0.1) is 12.1 Å². The number of likely N-dealkylation sites (N-methyl/N-ethyl adjacent to an activating group) is 1. The van der Waals surface area contributed by atoms with E-state index in [0.29, 0.717) is 6.04 Å². The van der Waals surface area contributed by atoms with Gasteiger partial charge in [-0.3, -0.25) is 4.90 Å². The van der Waals surface area contributed by atoms with Crippen LogP contribution < -0.4 is 5.32 Å². The molecule has 0 radical (unpaired) electrons. The first-order chi connectivity index (χ1) is 7.52. The summed E-state index contributed by atoms with van der Waals surface area (Å²) in [6.45, 7) is 12.1. The summed E-state index contributed by atoms with van der Waals surface area (Å²) in [4.78, 5) is 2.52. The zero-order valence-corrected chi connectivity index (χ0v) is 11.3. The fourth-order valence-corrected chi connectivity index (χ4v) is 2.68. The molecule has 0 aromatic heterocycles. The molecular weight excluding hydrogens is 200 g/mol. The van der Waals surface area contributed by atoms with Crippen molar-refractivity contribution in [3.8, 4) is 0 Å². The lowest BCUT2D eigenvalue weighted by molar-refractivity contribution is 0.0582. The molecule has 1 aliphatic heterocycles. The molecule has 3 nitrogen and oxygen atoms in total. The minimum absolute atomic E-state index is 0.153. The molecule has 0 spiro atoms. The third-order valence-electron chi connectivity index (χ3n) is 4.01. The Kier molecular flexibility index (Phi) is 5.22. The Labute approximate surface area is 100 Å². The minimum atomic E-state index is -0.153. The van der Waals surface area contributed by atoms with E-state index in [2.05, 4.69) is 37.9 Å². The Morgan fingerprint density at radius 1 is 1.44 bits per heavy atom. The van der Waals surface area contributed by atoms with Crippen molar-refractivity contribution >= 4 is 0 Å². The van der Waals surface area contributed by atoms with Gasteiger partial charge in [0.15, 0.2) is 0 Å². The van der Waals surface area contributed by atoms with Crippen molar-refractivity contribution in [2.45, 2.75) is 52.1 Å². The zero-order chi connectivity index (χ0) is 12.2. The number of likely N-dealkylation sites (tertiary alicyclic amines) is 1. The van der Waals surface area contributed by atoms with Crippen molar-refractivity contribution < 1.29 is 5.11 Å². The molecule has 0 aromatic carbocycles. The molecule has 96 valence electrons. The van der Waals surface area contributed by atoms with Crippen LogP contribution in [0.2, 0.25) is 0 Å². The molecule has 3 unspecified atom stereocenters. The normalized spacial score (nSPS) is 31.3. The van der Waals surface area contributed by atoms with Gasteiger partial charge in [-0.05, 0) is 45.7 Å². The number of nitrogens with one attached hydrogen (secondary N) is 1. The van der Waals surface area contributed by atoms with Crippen molar-refractivity contribution in [3.63, 3.8) is 0 Å². The van der Waals surface area contributed by atoms with Crippen LogP contribution >= 0.6 is 0 Å². The van der Waals surface area contributed by atoms with E-state index in [-0.39, 0.29) is 12.1 Å². The molecule has 1 aliphatic rings. The topological polar surface area (TPSA) is 35.5 Å². The molecule has 0 saturated carbocycles. The van der Waals surface area contributed by atoms with Crippen LogP contribution in [0.3, 0.4) is 0 Å². The van der Waals surface area contributed by atoms with Gasteiger partial charge in [0, 0.05) is 12.6 Å². The standard InChI is InChI=1S/C13H28N2O/c1-5-14-13(4,10-16)9-15-8-6-7-11(2)12(15)3/h11-12,14,16H,5-10H2,1-4H3. The van der Waals surface area contributed by atoms with E-state index < -0.39 is 0 Å². The summed E-state index contributed by atoms with van der Waals surface area (Å²) < 4.78 is 0. The highest BCUT2D eigenvalue weighted by Gasteiger charge is 2.31. The summed E-state index contributed by atoms with van der Waals surface area (Å²) in [6, 6.07) is 0.637. The van der Waals surface area contributed by atoms with Crippen molar-refractivity contribution in [3.05, 3.63) is 0 Å². The van der Waals surface area contributed by atoms with E-state index in [1.54, 1.807) is 0 Å². The number of aliphatic hydroxyl groups is 1. The van der Waals surface area contributed by atoms with E-state index in [1.165, 1.54) is 19.4 Å². The third-order valence-corrected chi connectivity index (χ3v) is 4.01. The van der Waals surface area contributed by atoms with E-state index in [9.17, 15) is 5.11 Å². The second-order valence-electron chi connectivity index (χ2n) is 5.58. The number of hydrogen-bond acceptors (Lipinski definition) is 3. The smallest absolute Gasteiger partial charge is 0.0623 e. The van der Waals surface area contributed by atoms with Gasteiger partial charge >= 0.3 is 0 Å². The summed E-state index contributed by atoms with van der Waals surface area (Å²) in [5.74, 6) is 0.776. The van der Waals surface area contributed by atoms with Crippen LogP contribution in [0.15, 0.2) is 0 Å². The second kappa shape index (κ2) is 5.99. The van der Waals surface area contributed by atoms with Gasteiger partial charge in [-0.1, -0.05) is 13.8 Å². The molecule has 3 atom stereocenters. The highest BCUT2D eigenvalue weighted by Crippen LogP contribution is 2.24. The van der Waals surface area contributed by atoms with Crippen molar-refractivity contribution in [1.82, 2.24) is 10.2 Å². The number of rotatable bonds is 5. The maximum absolute atomic E-state index is 9.51. The quantitative estimate of drug-likeness (QED) is 0.748. The van der Waals surface area contributed by atoms with E-state index in [1.807, 2.05) is 0 Å². The lowest BCUT2D eigenvalue weighted by Gasteiger charge is -2.43. The SMILES string of the molecule is CCNC(C)(CO)CN1CCCC(C)C1C. The largest absolute Gasteiger partial charge is 0.394 e. The maximum atomic E-state index is 9.51. The highest BCUT2D eigenvalue weighted by atomic mass is 16.3. The average molecular weight is 228 g/mol. The van der Waals surface area contributed by atoms with Crippen LogP contribution in [0.5, 0.6) is 0 Å². The first kappa shape index (κ1) is 13.9. The predicted octanol–water partition coefficient (Wildman–Crippen LogP) is 1.47. The van der Waals surface area contributed by atoms with E-state index in [0.717, 1.165) is 19.0 Å². The molecule has 0 amide bonds. The lowest BCUT2D eigenvalue weighted by atomic mass is 9.90. The van der Waals surface area contributed by atoms with E-state index in [4.69, 9.17) is 0 Å². The highest BCUT2D eigenvalue weighted by molar-refractivity contribution is 4.89. The van der Waals surface area contributed by atoms with Crippen molar-refractivity contribution in [2.24, 2.45) is 5.92 Å². The van der Waals surface area contributed by atoms with Crippen molar-refractivity contribution in [2.75, 3.05) is 26.2 Å². The van der Waals surface area contributed by atoms with E-state index >= 15 is 0 Å². The summed E-state index contributed by atoms with van der Waals surface area (Å²) in [5, 5.41) is 12.9. The second-order valence-corrected chi connectivity index (χ2v) is 5.58. The molecule has 3 heteroatoms. The van der Waals surface area contributed by atoms with Crippen LogP contribution in [-0.4, -0.2) is 47.8 Å². The summed E-state index contributed by atoms with van der Waals surface area (Å²) in [7, 11) is 0. The molecule has 2 N–H and O–H groups in total. The van der Waals surface area contributed by atoms with Gasteiger partial charge in [-0.2, -0.15) is 0 Å². The predicted molar refractivity (Wildman–Crippen MR) is 68.6 cm³/mol.